The van der Waals surface area contributed by atoms with Crippen LogP contribution >= 0.6 is 22.6 Å². The molecule has 0 amide bonds. The minimum absolute atomic E-state index is 0.140. The van der Waals surface area contributed by atoms with E-state index in [0.29, 0.717) is 0 Å². The van der Waals surface area contributed by atoms with Crippen molar-refractivity contribution in [2.75, 3.05) is 0 Å². The third-order valence-electron chi connectivity index (χ3n) is 2.65. The lowest BCUT2D eigenvalue weighted by molar-refractivity contribution is -0.453. The molecule has 0 spiro atoms. The van der Waals surface area contributed by atoms with Gasteiger partial charge >= 0.3 is 41.7 Å². The molecule has 0 aromatic carbocycles. The molecule has 0 aliphatic rings. The van der Waals surface area contributed by atoms with Gasteiger partial charge in [0.25, 0.3) is 0 Å². The maximum absolute atomic E-state index is 13.0. The second kappa shape index (κ2) is 6.08. The lowest BCUT2D eigenvalue weighted by Crippen LogP contribution is -2.73. The lowest BCUT2D eigenvalue weighted by Gasteiger charge is -2.41. The highest BCUT2D eigenvalue weighted by molar-refractivity contribution is 14.1. The number of hydrogen-bond donors (Lipinski definition) is 1. The molecule has 0 heterocycles. The van der Waals surface area contributed by atoms with Crippen molar-refractivity contribution in [2.45, 2.75) is 45.8 Å². The van der Waals surface area contributed by atoms with Crippen LogP contribution in [0, 0.1) is 0 Å². The van der Waals surface area contributed by atoms with E-state index in [2.05, 4.69) is 0 Å². The molecule has 0 aliphatic carbocycles. The molecule has 0 bridgehead atoms. The molecule has 0 rings (SSSR count). The lowest BCUT2D eigenvalue weighted by atomic mass is 9.91. The Morgan fingerprint density at radius 1 is 0.480 bits per heavy atom. The van der Waals surface area contributed by atoms with Crippen LogP contribution in [0.1, 0.15) is 0 Å². The SMILES string of the molecule is OC(I)C(F)(F)C(F)(F)C(F)(F)C(F)(F)C(F)(F)C(F)(F)C(F)(F)F. The summed E-state index contributed by atoms with van der Waals surface area (Å²) in [6.07, 6.45) is -7.63. The normalized spacial score (nSPS) is 17.6. The molecule has 0 fully saturated rings. The molecule has 0 aromatic rings. The molecule has 0 aromatic heterocycles. The Bertz CT molecular complexity index is 492. The summed E-state index contributed by atoms with van der Waals surface area (Å²) in [4.78, 5) is 0. The summed E-state index contributed by atoms with van der Waals surface area (Å²) < 4.78 is 185. The summed E-state index contributed by atoms with van der Waals surface area (Å²) in [5, 5.41) is 8.20. The fourth-order valence-electron chi connectivity index (χ4n) is 1.13. The highest BCUT2D eigenvalue weighted by Gasteiger charge is 2.93. The number of halogens is 16. The second-order valence-electron chi connectivity index (χ2n) is 4.33. The van der Waals surface area contributed by atoms with Gasteiger partial charge < -0.3 is 5.11 Å². The van der Waals surface area contributed by atoms with E-state index in [1.807, 2.05) is 0 Å². The quantitative estimate of drug-likeness (QED) is 0.290. The fourth-order valence-corrected chi connectivity index (χ4v) is 1.52. The third kappa shape index (κ3) is 3.11. The van der Waals surface area contributed by atoms with E-state index >= 15 is 0 Å². The van der Waals surface area contributed by atoms with Crippen LogP contribution in [-0.2, 0) is 0 Å². The van der Waals surface area contributed by atoms with E-state index in [4.69, 9.17) is 5.11 Å². The molecule has 17 heteroatoms. The Kier molecular flexibility index (Phi) is 5.99. The Balaban J connectivity index is 6.50. The van der Waals surface area contributed by atoms with Gasteiger partial charge in [-0.1, -0.05) is 0 Å². The van der Waals surface area contributed by atoms with Gasteiger partial charge in [-0.3, -0.25) is 0 Å². The van der Waals surface area contributed by atoms with Gasteiger partial charge in [0, 0.05) is 0 Å². The van der Waals surface area contributed by atoms with Gasteiger partial charge in [0.2, 0.25) is 0 Å². The van der Waals surface area contributed by atoms with Crippen molar-refractivity contribution in [2.24, 2.45) is 0 Å². The summed E-state index contributed by atoms with van der Waals surface area (Å²) >= 11 is -0.140. The number of aliphatic hydroxyl groups excluding tert-OH is 1. The summed E-state index contributed by atoms with van der Waals surface area (Å²) in [7, 11) is 0. The predicted octanol–water partition coefficient (Wildman–Crippen LogP) is 5.11. The topological polar surface area (TPSA) is 20.2 Å². The zero-order valence-corrected chi connectivity index (χ0v) is 12.7. The molecule has 1 N–H and O–H groups in total. The van der Waals surface area contributed by atoms with Gasteiger partial charge in [-0.05, 0) is 22.6 Å². The molecule has 0 saturated heterocycles. The maximum Gasteiger partial charge on any atom is 0.460 e. The van der Waals surface area contributed by atoms with Crippen LogP contribution in [0.5, 0.6) is 0 Å². The smallest absolute Gasteiger partial charge is 0.376 e. The second-order valence-corrected chi connectivity index (χ2v) is 5.51. The van der Waals surface area contributed by atoms with Gasteiger partial charge in [0.1, 0.15) is 0 Å². The van der Waals surface area contributed by atoms with E-state index in [0.717, 1.165) is 0 Å². The molecule has 25 heavy (non-hydrogen) atoms. The van der Waals surface area contributed by atoms with Crippen molar-refractivity contribution in [3.05, 3.63) is 0 Å². The van der Waals surface area contributed by atoms with E-state index in [1.54, 1.807) is 0 Å². The van der Waals surface area contributed by atoms with Crippen LogP contribution in [0.25, 0.3) is 0 Å². The largest absolute Gasteiger partial charge is 0.460 e. The monoisotopic (exact) mass is 526 g/mol. The number of rotatable bonds is 6. The first-order valence-corrected chi connectivity index (χ1v) is 6.35. The molecular weight excluding hydrogens is 524 g/mol. The summed E-state index contributed by atoms with van der Waals surface area (Å²) in [6.45, 7) is 0. The van der Waals surface area contributed by atoms with Crippen LogP contribution in [0.2, 0.25) is 0 Å². The van der Waals surface area contributed by atoms with Crippen molar-refractivity contribution in [1.29, 1.82) is 0 Å². The molecule has 1 unspecified atom stereocenters. The minimum Gasteiger partial charge on any atom is -0.376 e. The Morgan fingerprint density at radius 2 is 0.720 bits per heavy atom. The van der Waals surface area contributed by atoms with Gasteiger partial charge in [0.15, 0.2) is 4.11 Å². The Morgan fingerprint density at radius 3 is 0.960 bits per heavy atom. The Labute approximate surface area is 140 Å². The average molecular weight is 526 g/mol. The highest BCUT2D eigenvalue weighted by Crippen LogP contribution is 2.62. The minimum atomic E-state index is -8.32. The molecular formula is C8H2F15IO. The zero-order valence-electron chi connectivity index (χ0n) is 10.6. The molecule has 1 nitrogen and oxygen atoms in total. The van der Waals surface area contributed by atoms with Crippen molar-refractivity contribution >= 4 is 22.6 Å². The average Bonchev–Trinajstić information content (AvgIpc) is 2.35. The van der Waals surface area contributed by atoms with Crippen LogP contribution in [0.3, 0.4) is 0 Å². The summed E-state index contributed by atoms with van der Waals surface area (Å²) in [5.74, 6) is -47.0. The molecule has 152 valence electrons. The number of aliphatic hydroxyl groups is 1. The van der Waals surface area contributed by atoms with Crippen molar-refractivity contribution < 1.29 is 71.0 Å². The van der Waals surface area contributed by atoms with Crippen LogP contribution in [-0.4, -0.2) is 50.9 Å². The molecule has 0 aliphatic heterocycles. The first kappa shape index (κ1) is 24.6. The van der Waals surface area contributed by atoms with Crippen LogP contribution < -0.4 is 0 Å². The molecule has 0 saturated carbocycles. The van der Waals surface area contributed by atoms with E-state index in [1.165, 1.54) is 0 Å². The molecule has 1 atom stereocenters. The standard InChI is InChI=1S/C8H2F15IO/c9-2(10,1(24)25)3(11,12)4(13,14)5(15,16)6(17,18)7(19,20)8(21,22)23/h1,25H. The summed E-state index contributed by atoms with van der Waals surface area (Å²) in [5.41, 5.74) is 0. The first-order valence-electron chi connectivity index (χ1n) is 5.10. The van der Waals surface area contributed by atoms with E-state index < -0.39 is 45.8 Å². The zero-order chi connectivity index (χ0) is 21.1. The summed E-state index contributed by atoms with van der Waals surface area (Å²) in [6, 6.07) is 0. The highest BCUT2D eigenvalue weighted by atomic mass is 127. The van der Waals surface area contributed by atoms with Crippen molar-refractivity contribution in [1.82, 2.24) is 0 Å². The molecule has 0 radical (unpaired) electrons. The van der Waals surface area contributed by atoms with Gasteiger partial charge in [-0.25, -0.2) is 0 Å². The fraction of sp³-hybridized carbons (Fsp3) is 1.00. The van der Waals surface area contributed by atoms with Gasteiger partial charge in [-0.2, -0.15) is 65.9 Å². The van der Waals surface area contributed by atoms with Crippen molar-refractivity contribution in [3.63, 3.8) is 0 Å². The van der Waals surface area contributed by atoms with Crippen LogP contribution in [0.4, 0.5) is 65.9 Å². The van der Waals surface area contributed by atoms with Crippen LogP contribution in [0.15, 0.2) is 0 Å². The van der Waals surface area contributed by atoms with Gasteiger partial charge in [-0.15, -0.1) is 0 Å². The number of alkyl halides is 16. The third-order valence-corrected chi connectivity index (χ3v) is 3.43. The Hall–Kier alpha value is -0.360. The van der Waals surface area contributed by atoms with E-state index in [9.17, 15) is 65.9 Å². The van der Waals surface area contributed by atoms with E-state index in [-0.39, 0.29) is 22.6 Å². The predicted molar refractivity (Wildman–Crippen MR) is 55.8 cm³/mol. The maximum atomic E-state index is 13.0. The number of hydrogen-bond acceptors (Lipinski definition) is 1. The van der Waals surface area contributed by atoms with Crippen molar-refractivity contribution in [3.8, 4) is 0 Å². The first-order chi connectivity index (χ1) is 10.4. The van der Waals surface area contributed by atoms with Gasteiger partial charge in [0.05, 0.1) is 0 Å².